The van der Waals surface area contributed by atoms with E-state index in [1.165, 1.54) is 12.1 Å². The second kappa shape index (κ2) is 9.67. The Kier molecular flexibility index (Phi) is 6.26. The van der Waals surface area contributed by atoms with Gasteiger partial charge in [-0.15, -0.1) is 0 Å². The average Bonchev–Trinajstić information content (AvgIpc) is 3.53. The van der Waals surface area contributed by atoms with Crippen LogP contribution in [0.5, 0.6) is 11.5 Å². The van der Waals surface area contributed by atoms with Crippen molar-refractivity contribution < 1.29 is 14.4 Å². The maximum atomic E-state index is 11.2. The molecular weight excluding hydrogens is 478 g/mol. The van der Waals surface area contributed by atoms with Crippen molar-refractivity contribution in [2.45, 2.75) is 12.1 Å². The Morgan fingerprint density at radius 2 is 1.83 bits per heavy atom. The van der Waals surface area contributed by atoms with Gasteiger partial charge in [-0.2, -0.15) is 0 Å². The number of nitrogens with one attached hydrogen (secondary N) is 1. The van der Waals surface area contributed by atoms with Crippen LogP contribution in [0.2, 0.25) is 0 Å². The third-order valence-corrected chi connectivity index (χ3v) is 6.48. The van der Waals surface area contributed by atoms with Crippen molar-refractivity contribution in [1.82, 2.24) is 14.9 Å². The van der Waals surface area contributed by atoms with Crippen molar-refractivity contribution in [2.24, 2.45) is 0 Å². The van der Waals surface area contributed by atoms with E-state index in [9.17, 15) is 10.1 Å². The number of anilines is 1. The largest absolute Gasteiger partial charge is 0.497 e. The van der Waals surface area contributed by atoms with Gasteiger partial charge in [0.15, 0.2) is 5.11 Å². The Morgan fingerprint density at radius 1 is 1.03 bits per heavy atom. The molecule has 2 unspecified atom stereocenters. The summed E-state index contributed by atoms with van der Waals surface area (Å²) in [6, 6.07) is 21.1. The van der Waals surface area contributed by atoms with Crippen LogP contribution >= 0.6 is 12.2 Å². The first-order valence-corrected chi connectivity index (χ1v) is 11.6. The molecule has 1 N–H and O–H groups in total. The lowest BCUT2D eigenvalue weighted by Gasteiger charge is -2.30. The summed E-state index contributed by atoms with van der Waals surface area (Å²) in [6.07, 6.45) is 3.68. The molecule has 0 radical (unpaired) electrons. The molecule has 0 spiro atoms. The number of nitrogens with zero attached hydrogens (tertiary/aromatic N) is 4. The Balaban J connectivity index is 1.68. The van der Waals surface area contributed by atoms with Gasteiger partial charge in [-0.05, 0) is 60.7 Å². The number of hydrogen-bond donors (Lipinski definition) is 1. The summed E-state index contributed by atoms with van der Waals surface area (Å²) in [6.45, 7) is 0. The lowest BCUT2D eigenvalue weighted by atomic mass is 10.0. The van der Waals surface area contributed by atoms with Crippen LogP contribution in [-0.2, 0) is 0 Å². The monoisotopic (exact) mass is 501 g/mol. The van der Waals surface area contributed by atoms with E-state index in [0.29, 0.717) is 16.6 Å². The molecule has 4 aromatic rings. The Bertz CT molecular complexity index is 1410. The van der Waals surface area contributed by atoms with Gasteiger partial charge in [0.2, 0.25) is 0 Å². The van der Waals surface area contributed by atoms with E-state index in [2.05, 4.69) is 10.3 Å². The number of nitro groups is 1. The number of hydrogen-bond acceptors (Lipinski definition) is 6. The zero-order valence-corrected chi connectivity index (χ0v) is 20.4. The number of rotatable bonds is 7. The number of nitro benzene ring substituents is 1. The zero-order valence-electron chi connectivity index (χ0n) is 19.6. The number of non-ortho nitro benzene ring substituents is 1. The minimum absolute atomic E-state index is 0.0327. The summed E-state index contributed by atoms with van der Waals surface area (Å²) in [4.78, 5) is 17.4. The molecule has 3 heterocycles. The normalized spacial score (nSPS) is 17.1. The van der Waals surface area contributed by atoms with E-state index < -0.39 is 4.92 Å². The number of aromatic nitrogens is 2. The lowest BCUT2D eigenvalue weighted by Crippen LogP contribution is -2.30. The molecule has 182 valence electrons. The van der Waals surface area contributed by atoms with Crippen LogP contribution in [-0.4, -0.2) is 33.8 Å². The van der Waals surface area contributed by atoms with Crippen molar-refractivity contribution in [2.75, 3.05) is 19.1 Å². The minimum Gasteiger partial charge on any atom is -0.497 e. The van der Waals surface area contributed by atoms with Crippen LogP contribution in [0.4, 0.5) is 11.4 Å². The SMILES string of the molecule is COc1ccc(OC)c(N2C(=S)NC(c3ccccn3)C2c2cccn2-c2ccc([N+](=O)[O-])cc2)c1. The van der Waals surface area contributed by atoms with Gasteiger partial charge < -0.3 is 24.3 Å². The highest BCUT2D eigenvalue weighted by Crippen LogP contribution is 2.46. The fourth-order valence-electron chi connectivity index (χ4n) is 4.51. The van der Waals surface area contributed by atoms with Gasteiger partial charge >= 0.3 is 0 Å². The van der Waals surface area contributed by atoms with Crippen molar-refractivity contribution >= 4 is 28.7 Å². The molecule has 0 bridgehead atoms. The van der Waals surface area contributed by atoms with E-state index in [4.69, 9.17) is 21.7 Å². The summed E-state index contributed by atoms with van der Waals surface area (Å²) in [5.41, 5.74) is 3.30. The molecule has 1 saturated heterocycles. The third kappa shape index (κ3) is 4.11. The van der Waals surface area contributed by atoms with Crippen molar-refractivity contribution in [3.63, 3.8) is 0 Å². The Hall–Kier alpha value is -4.44. The molecule has 0 amide bonds. The van der Waals surface area contributed by atoms with Gasteiger partial charge in [-0.1, -0.05) is 6.07 Å². The molecular formula is C26H23N5O4S. The fraction of sp³-hybridized carbons (Fsp3) is 0.154. The zero-order chi connectivity index (χ0) is 25.2. The molecule has 2 atom stereocenters. The van der Waals surface area contributed by atoms with Crippen molar-refractivity contribution in [1.29, 1.82) is 0 Å². The summed E-state index contributed by atoms with van der Waals surface area (Å²) >= 11 is 5.85. The molecule has 2 aromatic heterocycles. The van der Waals surface area contributed by atoms with E-state index in [0.717, 1.165) is 22.8 Å². The maximum absolute atomic E-state index is 11.2. The number of benzene rings is 2. The van der Waals surface area contributed by atoms with E-state index in [1.807, 2.05) is 64.2 Å². The van der Waals surface area contributed by atoms with Crippen LogP contribution < -0.4 is 19.7 Å². The van der Waals surface area contributed by atoms with Gasteiger partial charge in [0.25, 0.3) is 5.69 Å². The van der Waals surface area contributed by atoms with Crippen LogP contribution in [0.15, 0.2) is 85.2 Å². The number of ether oxygens (including phenoxy) is 2. The summed E-state index contributed by atoms with van der Waals surface area (Å²) in [7, 11) is 3.22. The molecule has 0 saturated carbocycles. The molecule has 1 aliphatic heterocycles. The van der Waals surface area contributed by atoms with Crippen LogP contribution in [0.1, 0.15) is 23.5 Å². The molecule has 10 heteroatoms. The highest BCUT2D eigenvalue weighted by Gasteiger charge is 2.43. The first kappa shape index (κ1) is 23.3. The van der Waals surface area contributed by atoms with E-state index in [-0.39, 0.29) is 17.8 Å². The maximum Gasteiger partial charge on any atom is 0.269 e. The third-order valence-electron chi connectivity index (χ3n) is 6.17. The van der Waals surface area contributed by atoms with Crippen molar-refractivity contribution in [3.05, 3.63) is 107 Å². The standard InChI is InChI=1S/C26H23N5O4S/c1-34-19-12-13-23(35-2)22(16-19)30-25(24(28-26(30)36)20-6-3-4-14-27-20)21-7-5-15-29(21)17-8-10-18(11-9-17)31(32)33/h3-16,24-25H,1-2H3,(H,28,36). The summed E-state index contributed by atoms with van der Waals surface area (Å²) < 4.78 is 13.2. The minimum atomic E-state index is -0.409. The molecule has 1 fully saturated rings. The predicted octanol–water partition coefficient (Wildman–Crippen LogP) is 4.97. The van der Waals surface area contributed by atoms with Gasteiger partial charge in [-0.3, -0.25) is 15.1 Å². The van der Waals surface area contributed by atoms with Crippen LogP contribution in [0.3, 0.4) is 0 Å². The predicted molar refractivity (Wildman–Crippen MR) is 140 cm³/mol. The molecule has 9 nitrogen and oxygen atoms in total. The first-order valence-electron chi connectivity index (χ1n) is 11.2. The van der Waals surface area contributed by atoms with Gasteiger partial charge in [0.1, 0.15) is 17.5 Å². The van der Waals surface area contributed by atoms with Gasteiger partial charge in [0.05, 0.1) is 36.6 Å². The molecule has 1 aliphatic rings. The average molecular weight is 502 g/mol. The smallest absolute Gasteiger partial charge is 0.269 e. The van der Waals surface area contributed by atoms with E-state index in [1.54, 1.807) is 32.5 Å². The van der Waals surface area contributed by atoms with Crippen LogP contribution in [0.25, 0.3) is 5.69 Å². The lowest BCUT2D eigenvalue weighted by molar-refractivity contribution is -0.384. The number of thiocarbonyl (C=S) groups is 1. The molecule has 36 heavy (non-hydrogen) atoms. The highest BCUT2D eigenvalue weighted by molar-refractivity contribution is 7.80. The highest BCUT2D eigenvalue weighted by atomic mass is 32.1. The van der Waals surface area contributed by atoms with E-state index >= 15 is 0 Å². The first-order chi connectivity index (χ1) is 17.5. The topological polar surface area (TPSA) is 94.7 Å². The molecule has 5 rings (SSSR count). The summed E-state index contributed by atoms with van der Waals surface area (Å²) in [5, 5.41) is 15.1. The van der Waals surface area contributed by atoms with Crippen molar-refractivity contribution in [3.8, 4) is 17.2 Å². The fourth-order valence-corrected chi connectivity index (χ4v) is 4.84. The van der Waals surface area contributed by atoms with Gasteiger partial charge in [0, 0.05) is 42.0 Å². The molecule has 0 aliphatic carbocycles. The summed E-state index contributed by atoms with van der Waals surface area (Å²) in [5.74, 6) is 1.31. The molecule has 2 aromatic carbocycles. The Labute approximate surface area is 213 Å². The van der Waals surface area contributed by atoms with Gasteiger partial charge in [-0.25, -0.2) is 0 Å². The Morgan fingerprint density at radius 3 is 2.50 bits per heavy atom. The quantitative estimate of drug-likeness (QED) is 0.215. The number of pyridine rings is 1. The second-order valence-electron chi connectivity index (χ2n) is 8.11. The number of methoxy groups -OCH3 is 2. The second-order valence-corrected chi connectivity index (χ2v) is 8.50. The van der Waals surface area contributed by atoms with Crippen LogP contribution in [0, 0.1) is 10.1 Å².